The zero-order chi connectivity index (χ0) is 18.5. The zero-order valence-electron chi connectivity index (χ0n) is 13.9. The molecule has 3 aromatic rings. The van der Waals surface area contributed by atoms with Crippen molar-refractivity contribution >= 4 is 22.8 Å². The number of hydrogen-bond donors (Lipinski definition) is 2. The Balaban J connectivity index is 1.70. The van der Waals surface area contributed by atoms with Gasteiger partial charge >= 0.3 is 5.97 Å². The predicted octanol–water partition coefficient (Wildman–Crippen LogP) is 2.73. The number of carbonyl (C=O) groups is 2. The van der Waals surface area contributed by atoms with Crippen molar-refractivity contribution in [3.05, 3.63) is 77.7 Å². The second-order valence-corrected chi connectivity index (χ2v) is 5.96. The number of pyridine rings is 1. The van der Waals surface area contributed by atoms with Crippen molar-refractivity contribution in [2.24, 2.45) is 0 Å². The second-order valence-electron chi connectivity index (χ2n) is 5.96. The fraction of sp³-hybridized carbons (Fsp3) is 0.150. The smallest absolute Gasteiger partial charge is 0.326 e. The Morgan fingerprint density at radius 3 is 2.65 bits per heavy atom. The van der Waals surface area contributed by atoms with Crippen LogP contribution >= 0.6 is 0 Å². The predicted molar refractivity (Wildman–Crippen MR) is 95.1 cm³/mol. The van der Waals surface area contributed by atoms with E-state index in [0.717, 1.165) is 10.9 Å². The summed E-state index contributed by atoms with van der Waals surface area (Å²) in [7, 11) is 0. The second kappa shape index (κ2) is 7.74. The third-order valence-electron chi connectivity index (χ3n) is 3.96. The fourth-order valence-electron chi connectivity index (χ4n) is 2.71. The lowest BCUT2D eigenvalue weighted by atomic mass is 10.1. The van der Waals surface area contributed by atoms with E-state index in [4.69, 9.17) is 0 Å². The van der Waals surface area contributed by atoms with Crippen molar-refractivity contribution in [2.45, 2.75) is 18.9 Å². The van der Waals surface area contributed by atoms with Gasteiger partial charge in [-0.15, -0.1) is 0 Å². The van der Waals surface area contributed by atoms with Gasteiger partial charge in [0.15, 0.2) is 0 Å². The van der Waals surface area contributed by atoms with Gasteiger partial charge < -0.3 is 10.4 Å². The number of nitrogens with zero attached hydrogens (tertiary/aromatic N) is 1. The number of carboxylic acid groups (broad SMARTS) is 1. The lowest BCUT2D eigenvalue weighted by Gasteiger charge is -2.14. The summed E-state index contributed by atoms with van der Waals surface area (Å²) in [5, 5.41) is 12.8. The molecule has 0 unspecified atom stereocenters. The summed E-state index contributed by atoms with van der Waals surface area (Å²) in [5.41, 5.74) is 1.82. The van der Waals surface area contributed by atoms with Crippen LogP contribution in [-0.2, 0) is 22.4 Å². The molecule has 0 bridgehead atoms. The number of fused-ring (bicyclic) bond motifs is 1. The standard InChI is InChI=1S/C20H17FN2O3/c21-15-6-3-4-13(10-15)11-19(24)23-18(20(25)26)12-16-9-8-14-5-1-2-7-17(14)22-16/h1-10,18H,11-12H2,(H,23,24)(H,25,26)/t18-/m0/s1. The van der Waals surface area contributed by atoms with E-state index in [1.54, 1.807) is 12.1 Å². The summed E-state index contributed by atoms with van der Waals surface area (Å²) in [5.74, 6) is -2.07. The molecule has 2 N–H and O–H groups in total. The lowest BCUT2D eigenvalue weighted by Crippen LogP contribution is -2.43. The Labute approximate surface area is 149 Å². The third-order valence-corrected chi connectivity index (χ3v) is 3.96. The molecule has 1 atom stereocenters. The Morgan fingerprint density at radius 1 is 1.08 bits per heavy atom. The van der Waals surface area contributed by atoms with E-state index in [2.05, 4.69) is 10.3 Å². The van der Waals surface area contributed by atoms with Gasteiger partial charge in [-0.1, -0.05) is 36.4 Å². The highest BCUT2D eigenvalue weighted by atomic mass is 19.1. The van der Waals surface area contributed by atoms with Gasteiger partial charge in [0.05, 0.1) is 11.9 Å². The molecule has 6 heteroatoms. The molecule has 0 radical (unpaired) electrons. The zero-order valence-corrected chi connectivity index (χ0v) is 13.9. The Kier molecular flexibility index (Phi) is 5.22. The molecular weight excluding hydrogens is 335 g/mol. The number of amides is 1. The van der Waals surface area contributed by atoms with Crippen LogP contribution in [-0.4, -0.2) is 28.0 Å². The van der Waals surface area contributed by atoms with Crippen LogP contribution in [0.25, 0.3) is 10.9 Å². The van der Waals surface area contributed by atoms with Gasteiger partial charge in [-0.3, -0.25) is 9.78 Å². The van der Waals surface area contributed by atoms with E-state index in [9.17, 15) is 19.1 Å². The first-order valence-corrected chi connectivity index (χ1v) is 8.12. The topological polar surface area (TPSA) is 79.3 Å². The van der Waals surface area contributed by atoms with Crippen molar-refractivity contribution < 1.29 is 19.1 Å². The minimum Gasteiger partial charge on any atom is -0.480 e. The number of carboxylic acids is 1. The number of halogens is 1. The monoisotopic (exact) mass is 352 g/mol. The van der Waals surface area contributed by atoms with Crippen LogP contribution in [0.1, 0.15) is 11.3 Å². The normalized spacial score (nSPS) is 11.9. The summed E-state index contributed by atoms with van der Waals surface area (Å²) < 4.78 is 13.2. The Bertz CT molecular complexity index is 958. The minimum absolute atomic E-state index is 0.0645. The summed E-state index contributed by atoms with van der Waals surface area (Å²) in [6.45, 7) is 0. The van der Waals surface area contributed by atoms with E-state index >= 15 is 0 Å². The average Bonchev–Trinajstić information content (AvgIpc) is 2.61. The third kappa shape index (κ3) is 4.42. The quantitative estimate of drug-likeness (QED) is 0.715. The Hall–Kier alpha value is -3.28. The summed E-state index contributed by atoms with van der Waals surface area (Å²) in [6.07, 6.45) is -0.0260. The number of benzene rings is 2. The number of rotatable bonds is 6. The van der Waals surface area contributed by atoms with E-state index in [1.165, 1.54) is 18.2 Å². The molecule has 0 aliphatic heterocycles. The van der Waals surface area contributed by atoms with Crippen LogP contribution < -0.4 is 5.32 Å². The van der Waals surface area contributed by atoms with Gasteiger partial charge in [-0.05, 0) is 29.8 Å². The lowest BCUT2D eigenvalue weighted by molar-refractivity contribution is -0.141. The number of hydrogen-bond acceptors (Lipinski definition) is 3. The molecule has 1 heterocycles. The molecule has 1 aromatic heterocycles. The van der Waals surface area contributed by atoms with Crippen molar-refractivity contribution in [1.82, 2.24) is 10.3 Å². The molecule has 132 valence electrons. The van der Waals surface area contributed by atoms with Gasteiger partial charge in [0.2, 0.25) is 5.91 Å². The molecule has 0 aliphatic carbocycles. The van der Waals surface area contributed by atoms with Crippen LogP contribution in [0.4, 0.5) is 4.39 Å². The number of aliphatic carboxylic acids is 1. The molecule has 0 fully saturated rings. The van der Waals surface area contributed by atoms with Gasteiger partial charge in [0.25, 0.3) is 0 Å². The SMILES string of the molecule is O=C(Cc1cccc(F)c1)N[C@@H](Cc1ccc2ccccc2n1)C(=O)O. The highest BCUT2D eigenvalue weighted by molar-refractivity contribution is 5.85. The van der Waals surface area contributed by atoms with Crippen LogP contribution in [0.2, 0.25) is 0 Å². The van der Waals surface area contributed by atoms with E-state index in [-0.39, 0.29) is 12.8 Å². The van der Waals surface area contributed by atoms with Crippen LogP contribution in [0.15, 0.2) is 60.7 Å². The number of nitrogens with one attached hydrogen (secondary N) is 1. The number of carbonyl (C=O) groups excluding carboxylic acids is 1. The van der Waals surface area contributed by atoms with Crippen LogP contribution in [0, 0.1) is 5.82 Å². The van der Waals surface area contributed by atoms with E-state index < -0.39 is 23.7 Å². The first kappa shape index (κ1) is 17.5. The first-order valence-electron chi connectivity index (χ1n) is 8.12. The summed E-state index contributed by atoms with van der Waals surface area (Å²) in [4.78, 5) is 28.1. The maximum atomic E-state index is 13.2. The van der Waals surface area contributed by atoms with Gasteiger partial charge in [-0.2, -0.15) is 0 Å². The van der Waals surface area contributed by atoms with Crippen molar-refractivity contribution in [1.29, 1.82) is 0 Å². The Morgan fingerprint density at radius 2 is 1.88 bits per heavy atom. The molecule has 1 amide bonds. The van der Waals surface area contributed by atoms with Crippen molar-refractivity contribution in [3.8, 4) is 0 Å². The molecule has 5 nitrogen and oxygen atoms in total. The molecule has 3 rings (SSSR count). The maximum Gasteiger partial charge on any atom is 0.326 e. The van der Waals surface area contributed by atoms with Crippen molar-refractivity contribution in [2.75, 3.05) is 0 Å². The van der Waals surface area contributed by atoms with Gasteiger partial charge in [-0.25, -0.2) is 9.18 Å². The van der Waals surface area contributed by atoms with Crippen LogP contribution in [0.3, 0.4) is 0 Å². The van der Waals surface area contributed by atoms with Gasteiger partial charge in [0.1, 0.15) is 11.9 Å². The van der Waals surface area contributed by atoms with E-state index in [0.29, 0.717) is 11.3 Å². The molecule has 2 aromatic carbocycles. The molecule has 26 heavy (non-hydrogen) atoms. The number of para-hydroxylation sites is 1. The minimum atomic E-state index is -1.15. The number of aromatic nitrogens is 1. The molecule has 0 saturated heterocycles. The molecule has 0 aliphatic rings. The summed E-state index contributed by atoms with van der Waals surface area (Å²) >= 11 is 0. The maximum absolute atomic E-state index is 13.2. The fourth-order valence-corrected chi connectivity index (χ4v) is 2.71. The molecule has 0 saturated carbocycles. The van der Waals surface area contributed by atoms with Crippen LogP contribution in [0.5, 0.6) is 0 Å². The highest BCUT2D eigenvalue weighted by Gasteiger charge is 2.21. The van der Waals surface area contributed by atoms with E-state index in [1.807, 2.05) is 30.3 Å². The molecule has 0 spiro atoms. The average molecular weight is 352 g/mol. The first-order chi connectivity index (χ1) is 12.5. The van der Waals surface area contributed by atoms with Gasteiger partial charge in [0, 0.05) is 17.5 Å². The van der Waals surface area contributed by atoms with Crippen molar-refractivity contribution in [3.63, 3.8) is 0 Å². The molecular formula is C20H17FN2O3. The largest absolute Gasteiger partial charge is 0.480 e. The highest BCUT2D eigenvalue weighted by Crippen LogP contribution is 2.13. The summed E-state index contributed by atoms with van der Waals surface area (Å²) in [6, 6.07) is 15.7.